The van der Waals surface area contributed by atoms with Gasteiger partial charge >= 0.3 is 0 Å². The largest absolute Gasteiger partial charge is 0.292 e. The van der Waals surface area contributed by atoms with Crippen molar-refractivity contribution < 1.29 is 0 Å². The summed E-state index contributed by atoms with van der Waals surface area (Å²) in [6, 6.07) is 0.674. The van der Waals surface area contributed by atoms with Gasteiger partial charge in [0.1, 0.15) is 0 Å². The van der Waals surface area contributed by atoms with E-state index >= 15 is 0 Å². The van der Waals surface area contributed by atoms with Crippen molar-refractivity contribution in [3.8, 4) is 0 Å². The van der Waals surface area contributed by atoms with Crippen LogP contribution in [0.2, 0.25) is 0 Å². The van der Waals surface area contributed by atoms with Crippen LogP contribution in [0.25, 0.3) is 0 Å². The molecule has 0 radical (unpaired) electrons. The highest BCUT2D eigenvalue weighted by molar-refractivity contribution is 4.95. The Bertz CT molecular complexity index is 175. The number of nitrogens with zero attached hydrogens (tertiary/aromatic N) is 2. The summed E-state index contributed by atoms with van der Waals surface area (Å²) in [6.45, 7) is 16.3. The minimum Gasteiger partial charge on any atom is -0.292 e. The predicted octanol–water partition coefficient (Wildman–Crippen LogP) is 2.40. The molecule has 0 bridgehead atoms. The Morgan fingerprint density at radius 1 is 1.00 bits per heavy atom. The zero-order valence-corrected chi connectivity index (χ0v) is 10.9. The Morgan fingerprint density at radius 2 is 1.50 bits per heavy atom. The lowest BCUT2D eigenvalue weighted by Crippen LogP contribution is -2.50. The molecule has 84 valence electrons. The Morgan fingerprint density at radius 3 is 1.79 bits per heavy atom. The van der Waals surface area contributed by atoms with Crippen molar-refractivity contribution in [1.82, 2.24) is 9.80 Å². The first-order chi connectivity index (χ1) is 6.12. The molecule has 1 aliphatic heterocycles. The topological polar surface area (TPSA) is 6.48 Å². The maximum absolute atomic E-state index is 2.62. The van der Waals surface area contributed by atoms with E-state index < -0.39 is 0 Å². The summed E-state index contributed by atoms with van der Waals surface area (Å²) < 4.78 is 0. The molecule has 0 aliphatic carbocycles. The average molecular weight is 198 g/mol. The molecule has 0 aromatic rings. The highest BCUT2D eigenvalue weighted by atomic mass is 15.4. The van der Waals surface area contributed by atoms with Gasteiger partial charge in [-0.05, 0) is 33.2 Å². The molecule has 0 saturated carbocycles. The van der Waals surface area contributed by atoms with Gasteiger partial charge in [-0.15, -0.1) is 0 Å². The molecule has 0 N–H and O–H groups in total. The van der Waals surface area contributed by atoms with Gasteiger partial charge in [0.05, 0.1) is 6.67 Å². The summed E-state index contributed by atoms with van der Waals surface area (Å²) in [7, 11) is 2.21. The molecule has 0 aromatic carbocycles. The van der Waals surface area contributed by atoms with Crippen molar-refractivity contribution in [2.75, 3.05) is 20.3 Å². The van der Waals surface area contributed by atoms with E-state index in [1.54, 1.807) is 0 Å². The van der Waals surface area contributed by atoms with E-state index in [1.807, 2.05) is 0 Å². The lowest BCUT2D eigenvalue weighted by molar-refractivity contribution is 0.0585. The van der Waals surface area contributed by atoms with Crippen LogP contribution in [0.5, 0.6) is 0 Å². The second kappa shape index (κ2) is 3.49. The van der Waals surface area contributed by atoms with Gasteiger partial charge in [0.2, 0.25) is 0 Å². The summed E-state index contributed by atoms with van der Waals surface area (Å²) in [6.07, 6.45) is 0. The van der Waals surface area contributed by atoms with Gasteiger partial charge in [0.15, 0.2) is 0 Å². The monoisotopic (exact) mass is 198 g/mol. The quantitative estimate of drug-likeness (QED) is 0.590. The van der Waals surface area contributed by atoms with Crippen LogP contribution < -0.4 is 0 Å². The fourth-order valence-electron chi connectivity index (χ4n) is 2.23. The molecule has 1 unspecified atom stereocenters. The Labute approximate surface area is 89.3 Å². The Hall–Kier alpha value is -0.0800. The molecule has 2 nitrogen and oxygen atoms in total. The van der Waals surface area contributed by atoms with Crippen LogP contribution in [0.15, 0.2) is 0 Å². The van der Waals surface area contributed by atoms with Gasteiger partial charge in [-0.25, -0.2) is 0 Å². The van der Waals surface area contributed by atoms with E-state index in [9.17, 15) is 0 Å². The minimum absolute atomic E-state index is 0.280. The van der Waals surface area contributed by atoms with Crippen molar-refractivity contribution >= 4 is 0 Å². The highest BCUT2D eigenvalue weighted by Gasteiger charge is 2.41. The van der Waals surface area contributed by atoms with Crippen LogP contribution >= 0.6 is 0 Å². The van der Waals surface area contributed by atoms with E-state index in [1.165, 1.54) is 6.54 Å². The Kier molecular flexibility index (Phi) is 2.99. The van der Waals surface area contributed by atoms with E-state index in [0.29, 0.717) is 11.5 Å². The third kappa shape index (κ3) is 2.48. The van der Waals surface area contributed by atoms with Gasteiger partial charge in [-0.2, -0.15) is 0 Å². The maximum atomic E-state index is 2.62. The van der Waals surface area contributed by atoms with Crippen LogP contribution in [0.4, 0.5) is 0 Å². The van der Waals surface area contributed by atoms with Crippen molar-refractivity contribution in [2.24, 2.45) is 5.41 Å². The second-order valence-electron chi connectivity index (χ2n) is 6.70. The first-order valence-electron chi connectivity index (χ1n) is 5.57. The highest BCUT2D eigenvalue weighted by Crippen LogP contribution is 2.33. The van der Waals surface area contributed by atoms with E-state index in [0.717, 1.165) is 6.67 Å². The molecule has 2 heteroatoms. The minimum atomic E-state index is 0.280. The van der Waals surface area contributed by atoms with Crippen LogP contribution in [-0.2, 0) is 0 Å². The summed E-state index contributed by atoms with van der Waals surface area (Å²) in [4.78, 5) is 5.04. The zero-order chi connectivity index (χ0) is 11.1. The molecule has 1 heterocycles. The lowest BCUT2D eigenvalue weighted by atomic mass is 9.84. The van der Waals surface area contributed by atoms with Crippen LogP contribution in [0, 0.1) is 5.41 Å². The van der Waals surface area contributed by atoms with Crippen molar-refractivity contribution in [3.63, 3.8) is 0 Å². The van der Waals surface area contributed by atoms with E-state index in [4.69, 9.17) is 0 Å². The standard InChI is InChI=1S/C12H26N2/c1-11(2,3)10-8-13(7)9-14(10)12(4,5)6/h10H,8-9H2,1-7H3. The smallest absolute Gasteiger partial charge is 0.0512 e. The second-order valence-corrected chi connectivity index (χ2v) is 6.70. The first kappa shape index (κ1) is 12.0. The van der Waals surface area contributed by atoms with Crippen LogP contribution in [-0.4, -0.2) is 41.6 Å². The molecular formula is C12H26N2. The van der Waals surface area contributed by atoms with Crippen molar-refractivity contribution in [3.05, 3.63) is 0 Å². The lowest BCUT2D eigenvalue weighted by Gasteiger charge is -2.42. The van der Waals surface area contributed by atoms with Crippen LogP contribution in [0.1, 0.15) is 41.5 Å². The van der Waals surface area contributed by atoms with Gasteiger partial charge in [0.25, 0.3) is 0 Å². The molecule has 1 aliphatic rings. The SMILES string of the molecule is CN1CC(C(C)(C)C)N(C(C)(C)C)C1. The average Bonchev–Trinajstić information content (AvgIpc) is 2.27. The van der Waals surface area contributed by atoms with Gasteiger partial charge in [0, 0.05) is 18.1 Å². The summed E-state index contributed by atoms with van der Waals surface area (Å²) in [5.74, 6) is 0. The van der Waals surface area contributed by atoms with Gasteiger partial charge in [-0.3, -0.25) is 9.80 Å². The predicted molar refractivity (Wildman–Crippen MR) is 62.3 cm³/mol. The molecule has 1 saturated heterocycles. The number of hydrogen-bond donors (Lipinski definition) is 0. The summed E-state index contributed by atoms with van der Waals surface area (Å²) in [5, 5.41) is 0. The molecule has 1 rings (SSSR count). The van der Waals surface area contributed by atoms with E-state index in [-0.39, 0.29) is 5.54 Å². The van der Waals surface area contributed by atoms with Crippen LogP contribution in [0.3, 0.4) is 0 Å². The third-order valence-corrected chi connectivity index (χ3v) is 3.12. The fourth-order valence-corrected chi connectivity index (χ4v) is 2.23. The van der Waals surface area contributed by atoms with Gasteiger partial charge in [-0.1, -0.05) is 20.8 Å². The molecule has 1 fully saturated rings. The molecule has 1 atom stereocenters. The third-order valence-electron chi connectivity index (χ3n) is 3.12. The number of rotatable bonds is 0. The molecule has 0 spiro atoms. The Balaban J connectivity index is 2.84. The first-order valence-corrected chi connectivity index (χ1v) is 5.57. The summed E-state index contributed by atoms with van der Waals surface area (Å²) >= 11 is 0. The normalized spacial score (nSPS) is 27.2. The van der Waals surface area contributed by atoms with Crippen molar-refractivity contribution in [2.45, 2.75) is 53.1 Å². The summed E-state index contributed by atoms with van der Waals surface area (Å²) in [5.41, 5.74) is 0.654. The van der Waals surface area contributed by atoms with Gasteiger partial charge < -0.3 is 0 Å². The zero-order valence-electron chi connectivity index (χ0n) is 10.9. The maximum Gasteiger partial charge on any atom is 0.0512 e. The molecule has 14 heavy (non-hydrogen) atoms. The molecule has 0 amide bonds. The number of hydrogen-bond acceptors (Lipinski definition) is 2. The molecular weight excluding hydrogens is 172 g/mol. The van der Waals surface area contributed by atoms with E-state index in [2.05, 4.69) is 58.4 Å². The molecule has 0 aromatic heterocycles. The fraction of sp³-hybridized carbons (Fsp3) is 1.00. The number of likely N-dealkylation sites (N-methyl/N-ethyl adjacent to an activating group) is 1. The van der Waals surface area contributed by atoms with Crippen molar-refractivity contribution in [1.29, 1.82) is 0 Å².